The van der Waals surface area contributed by atoms with E-state index >= 15 is 0 Å². The van der Waals surface area contributed by atoms with Crippen LogP contribution in [0.25, 0.3) is 44.8 Å². The highest BCUT2D eigenvalue weighted by Gasteiger charge is 2.31. The van der Waals surface area contributed by atoms with Gasteiger partial charge in [0.2, 0.25) is 0 Å². The van der Waals surface area contributed by atoms with E-state index in [1.54, 1.807) is 30.2 Å². The average molecular weight is 594 g/mol. The molecule has 0 radical (unpaired) electrons. The molecule has 220 valence electrons. The standard InChI is InChI=1S/C34H27N9O2/c1-41-29(31(36)44)28(22-6-2-3-7-24(22)34(41)45)23-11-9-19-18-20(10-12-21(19)23)43-32(25-8-4-15-37-30(25)35)39-26-13-14-27(40-33(26)43)42-17-5-16-38-42/h2-8,10,12-18,23H,9,11H2,1H3,(H2,35,37)(H2,36,44)/t23-/m0/s1. The van der Waals surface area contributed by atoms with E-state index in [2.05, 4.69) is 22.2 Å². The quantitative estimate of drug-likeness (QED) is 0.302. The number of pyridine rings is 3. The SMILES string of the molecule is Cn1c(C(N)=O)c([C@H]2CCc3cc(-n4c(-c5cccnc5N)nc5ccc(-n6cccn6)nc54)ccc32)c2ccccc2c1=O. The Hall–Kier alpha value is -6.10. The molecule has 1 aliphatic carbocycles. The number of carbonyl (C=O) groups is 1. The molecular formula is C34H27N9O2. The number of carbonyl (C=O) groups excluding carboxylic acids is 1. The van der Waals surface area contributed by atoms with Crippen molar-refractivity contribution in [3.63, 3.8) is 0 Å². The number of hydrogen-bond donors (Lipinski definition) is 2. The van der Waals surface area contributed by atoms with Gasteiger partial charge in [-0.1, -0.05) is 24.3 Å². The third kappa shape index (κ3) is 4.04. The predicted octanol–water partition coefficient (Wildman–Crippen LogP) is 4.28. The Bertz CT molecular complexity index is 2370. The normalized spacial score (nSPS) is 14.3. The number of hydrogen-bond acceptors (Lipinski definition) is 7. The van der Waals surface area contributed by atoms with Gasteiger partial charge in [0.15, 0.2) is 17.3 Å². The molecule has 0 aliphatic heterocycles. The van der Waals surface area contributed by atoms with Crippen molar-refractivity contribution >= 4 is 33.7 Å². The Labute approximate surface area is 256 Å². The van der Waals surface area contributed by atoms with E-state index in [1.165, 1.54) is 4.57 Å². The highest BCUT2D eigenvalue weighted by molar-refractivity contribution is 5.99. The van der Waals surface area contributed by atoms with Crippen molar-refractivity contribution in [1.29, 1.82) is 0 Å². The summed E-state index contributed by atoms with van der Waals surface area (Å²) in [5.74, 6) is 0.897. The maximum absolute atomic E-state index is 13.1. The van der Waals surface area contributed by atoms with Gasteiger partial charge in [0.25, 0.3) is 11.5 Å². The molecule has 1 aliphatic rings. The Morgan fingerprint density at radius 1 is 0.956 bits per heavy atom. The van der Waals surface area contributed by atoms with E-state index in [0.717, 1.165) is 40.6 Å². The summed E-state index contributed by atoms with van der Waals surface area (Å²) >= 11 is 0. The maximum atomic E-state index is 13.1. The van der Waals surface area contributed by atoms with E-state index in [-0.39, 0.29) is 17.2 Å². The summed E-state index contributed by atoms with van der Waals surface area (Å²) < 4.78 is 5.09. The first-order valence-corrected chi connectivity index (χ1v) is 14.6. The van der Waals surface area contributed by atoms with Crippen molar-refractivity contribution in [2.24, 2.45) is 12.8 Å². The van der Waals surface area contributed by atoms with Crippen LogP contribution >= 0.6 is 0 Å². The molecule has 0 spiro atoms. The van der Waals surface area contributed by atoms with Gasteiger partial charge in [-0.2, -0.15) is 5.10 Å². The lowest BCUT2D eigenvalue weighted by Gasteiger charge is -2.21. The number of nitrogens with two attached hydrogens (primary N) is 2. The second kappa shape index (κ2) is 9.98. The van der Waals surface area contributed by atoms with Gasteiger partial charge >= 0.3 is 0 Å². The van der Waals surface area contributed by atoms with Crippen molar-refractivity contribution in [1.82, 2.24) is 33.9 Å². The molecule has 0 saturated heterocycles. The number of nitrogen functional groups attached to an aromatic ring is 1. The first kappa shape index (κ1) is 26.5. The number of benzene rings is 2. The summed E-state index contributed by atoms with van der Waals surface area (Å²) in [6.07, 6.45) is 6.73. The summed E-state index contributed by atoms with van der Waals surface area (Å²) in [6.45, 7) is 0. The maximum Gasteiger partial charge on any atom is 0.265 e. The monoisotopic (exact) mass is 593 g/mol. The number of amides is 1. The van der Waals surface area contributed by atoms with Crippen molar-refractivity contribution < 1.29 is 4.79 Å². The largest absolute Gasteiger partial charge is 0.383 e. The van der Waals surface area contributed by atoms with Gasteiger partial charge in [-0.3, -0.25) is 14.2 Å². The minimum absolute atomic E-state index is 0.120. The number of rotatable bonds is 5. The molecule has 2 aromatic carbocycles. The van der Waals surface area contributed by atoms with Gasteiger partial charge in [0, 0.05) is 42.6 Å². The van der Waals surface area contributed by atoms with Crippen LogP contribution in [0.4, 0.5) is 5.82 Å². The molecule has 11 heteroatoms. The molecule has 5 heterocycles. The van der Waals surface area contributed by atoms with Crippen molar-refractivity contribution in [3.8, 4) is 22.9 Å². The summed E-state index contributed by atoms with van der Waals surface area (Å²) in [5.41, 5.74) is 18.1. The van der Waals surface area contributed by atoms with Crippen LogP contribution in [0.2, 0.25) is 0 Å². The van der Waals surface area contributed by atoms with E-state index in [0.29, 0.717) is 39.6 Å². The number of imidazole rings is 1. The number of primary amides is 1. The fourth-order valence-corrected chi connectivity index (χ4v) is 6.70. The Morgan fingerprint density at radius 2 is 1.80 bits per heavy atom. The Balaban J connectivity index is 1.33. The third-order valence-corrected chi connectivity index (χ3v) is 8.70. The molecule has 0 saturated carbocycles. The van der Waals surface area contributed by atoms with Gasteiger partial charge in [-0.05, 0) is 83.4 Å². The fraction of sp³-hybridized carbons (Fsp3) is 0.118. The molecule has 4 N–H and O–H groups in total. The van der Waals surface area contributed by atoms with Crippen LogP contribution in [-0.4, -0.2) is 39.8 Å². The molecular weight excluding hydrogens is 566 g/mol. The average Bonchev–Trinajstić information content (AvgIpc) is 3.81. The zero-order valence-corrected chi connectivity index (χ0v) is 24.3. The van der Waals surface area contributed by atoms with Crippen LogP contribution in [0.3, 0.4) is 0 Å². The molecule has 45 heavy (non-hydrogen) atoms. The molecule has 0 unspecified atom stereocenters. The predicted molar refractivity (Wildman–Crippen MR) is 172 cm³/mol. The number of anilines is 1. The van der Waals surface area contributed by atoms with Crippen molar-refractivity contribution in [2.75, 3.05) is 5.73 Å². The minimum atomic E-state index is -0.622. The summed E-state index contributed by atoms with van der Waals surface area (Å²) in [6, 6.07) is 23.1. The lowest BCUT2D eigenvalue weighted by molar-refractivity contribution is 0.0990. The van der Waals surface area contributed by atoms with Crippen LogP contribution in [0.5, 0.6) is 0 Å². The van der Waals surface area contributed by atoms with Crippen molar-refractivity contribution in [2.45, 2.75) is 18.8 Å². The Kier molecular flexibility index (Phi) is 5.88. The first-order valence-electron chi connectivity index (χ1n) is 14.6. The summed E-state index contributed by atoms with van der Waals surface area (Å²) in [5, 5.41) is 5.67. The third-order valence-electron chi connectivity index (χ3n) is 8.70. The molecule has 8 rings (SSSR count). The molecule has 7 aromatic rings. The highest BCUT2D eigenvalue weighted by Crippen LogP contribution is 2.43. The number of aromatic nitrogens is 7. The van der Waals surface area contributed by atoms with Crippen LogP contribution in [0, 0.1) is 0 Å². The number of aryl methyl sites for hydroxylation is 1. The van der Waals surface area contributed by atoms with Gasteiger partial charge in [0.1, 0.15) is 17.0 Å². The lowest BCUT2D eigenvalue weighted by Crippen LogP contribution is -2.30. The summed E-state index contributed by atoms with van der Waals surface area (Å²) in [4.78, 5) is 40.1. The van der Waals surface area contributed by atoms with Crippen LogP contribution < -0.4 is 17.0 Å². The topological polar surface area (TPSA) is 153 Å². The summed E-state index contributed by atoms with van der Waals surface area (Å²) in [7, 11) is 1.61. The highest BCUT2D eigenvalue weighted by atomic mass is 16.2. The van der Waals surface area contributed by atoms with Crippen LogP contribution in [-0.2, 0) is 13.5 Å². The molecule has 1 amide bonds. The zero-order chi connectivity index (χ0) is 30.8. The van der Waals surface area contributed by atoms with Crippen LogP contribution in [0.15, 0.2) is 96.2 Å². The van der Waals surface area contributed by atoms with Gasteiger partial charge in [-0.15, -0.1) is 0 Å². The van der Waals surface area contributed by atoms with E-state index in [9.17, 15) is 9.59 Å². The van der Waals surface area contributed by atoms with Gasteiger partial charge < -0.3 is 16.0 Å². The Morgan fingerprint density at radius 3 is 2.58 bits per heavy atom. The molecule has 11 nitrogen and oxygen atoms in total. The fourth-order valence-electron chi connectivity index (χ4n) is 6.70. The molecule has 1 atom stereocenters. The molecule has 0 fully saturated rings. The number of fused-ring (bicyclic) bond motifs is 3. The van der Waals surface area contributed by atoms with Crippen molar-refractivity contribution in [3.05, 3.63) is 124 Å². The van der Waals surface area contributed by atoms with Gasteiger partial charge in [0.05, 0.1) is 5.56 Å². The zero-order valence-electron chi connectivity index (χ0n) is 24.3. The molecule has 5 aromatic heterocycles. The second-order valence-corrected chi connectivity index (χ2v) is 11.2. The van der Waals surface area contributed by atoms with Crippen LogP contribution in [0.1, 0.15) is 39.5 Å². The first-order chi connectivity index (χ1) is 21.9. The van der Waals surface area contributed by atoms with E-state index in [1.807, 2.05) is 65.4 Å². The smallest absolute Gasteiger partial charge is 0.265 e. The van der Waals surface area contributed by atoms with E-state index < -0.39 is 5.91 Å². The number of nitrogens with zero attached hydrogens (tertiary/aromatic N) is 7. The molecule has 0 bridgehead atoms. The van der Waals surface area contributed by atoms with E-state index in [4.69, 9.17) is 21.4 Å². The minimum Gasteiger partial charge on any atom is -0.383 e. The van der Waals surface area contributed by atoms with Gasteiger partial charge in [-0.25, -0.2) is 19.6 Å². The second-order valence-electron chi connectivity index (χ2n) is 11.2. The lowest BCUT2D eigenvalue weighted by atomic mass is 9.87.